The molecular weight excluding hydrogens is 318 g/mol. The van der Waals surface area contributed by atoms with Crippen LogP contribution in [-0.4, -0.2) is 19.9 Å². The molecule has 3 rings (SSSR count). The van der Waals surface area contributed by atoms with E-state index in [4.69, 9.17) is 11.6 Å². The smallest absolute Gasteiger partial charge is 0.210 e. The molecule has 22 heavy (non-hydrogen) atoms. The summed E-state index contributed by atoms with van der Waals surface area (Å²) >= 11 is 7.75. The highest BCUT2D eigenvalue weighted by Crippen LogP contribution is 2.24. The first-order valence-corrected chi connectivity index (χ1v) is 8.08. The van der Waals surface area contributed by atoms with Gasteiger partial charge in [0.25, 0.3) is 0 Å². The Balaban J connectivity index is 1.61. The molecule has 0 aliphatic heterocycles. The van der Waals surface area contributed by atoms with Crippen molar-refractivity contribution in [3.8, 4) is 0 Å². The maximum Gasteiger partial charge on any atom is 0.210 e. The maximum absolute atomic E-state index is 6.17. The van der Waals surface area contributed by atoms with Gasteiger partial charge in [0.05, 0.1) is 6.54 Å². The van der Waals surface area contributed by atoms with Crippen molar-refractivity contribution in [2.45, 2.75) is 17.5 Å². The molecule has 1 aromatic carbocycles. The number of aromatic nitrogens is 4. The van der Waals surface area contributed by atoms with E-state index < -0.39 is 0 Å². The van der Waals surface area contributed by atoms with E-state index in [9.17, 15) is 0 Å². The van der Waals surface area contributed by atoms with E-state index in [2.05, 4.69) is 20.6 Å². The number of halogens is 1. The lowest BCUT2D eigenvalue weighted by atomic mass is 10.2. The van der Waals surface area contributed by atoms with Gasteiger partial charge in [-0.3, -0.25) is 4.98 Å². The van der Waals surface area contributed by atoms with Gasteiger partial charge in [0.1, 0.15) is 6.33 Å². The van der Waals surface area contributed by atoms with Gasteiger partial charge < -0.3 is 5.43 Å². The lowest BCUT2D eigenvalue weighted by Crippen LogP contribution is -2.14. The lowest BCUT2D eigenvalue weighted by Gasteiger charge is -2.09. The van der Waals surface area contributed by atoms with E-state index >= 15 is 0 Å². The molecule has 2 aromatic heterocycles. The Labute approximate surface area is 137 Å². The molecule has 0 aliphatic carbocycles. The number of nitrogens with one attached hydrogen (secondary N) is 1. The molecule has 0 amide bonds. The van der Waals surface area contributed by atoms with Crippen LogP contribution in [0.15, 0.2) is 60.3 Å². The minimum absolute atomic E-state index is 0.681. The molecule has 1 N–H and O–H groups in total. The van der Waals surface area contributed by atoms with Gasteiger partial charge in [-0.15, -0.1) is 10.2 Å². The third-order valence-electron chi connectivity index (χ3n) is 3.03. The largest absolute Gasteiger partial charge is 0.318 e. The van der Waals surface area contributed by atoms with Crippen molar-refractivity contribution in [2.24, 2.45) is 0 Å². The number of pyridine rings is 1. The summed E-state index contributed by atoms with van der Waals surface area (Å²) in [5, 5.41) is 9.65. The second-order valence-electron chi connectivity index (χ2n) is 4.55. The van der Waals surface area contributed by atoms with Crippen LogP contribution in [-0.2, 0) is 12.3 Å². The second-order valence-corrected chi connectivity index (χ2v) is 5.90. The van der Waals surface area contributed by atoms with Gasteiger partial charge in [0, 0.05) is 23.2 Å². The van der Waals surface area contributed by atoms with Crippen LogP contribution < -0.4 is 5.43 Å². The molecule has 0 saturated carbocycles. The highest BCUT2D eigenvalue weighted by molar-refractivity contribution is 7.98. The quantitative estimate of drug-likeness (QED) is 0.702. The van der Waals surface area contributed by atoms with Crippen LogP contribution in [0, 0.1) is 0 Å². The van der Waals surface area contributed by atoms with E-state index in [1.165, 1.54) is 0 Å². The monoisotopic (exact) mass is 331 g/mol. The molecule has 112 valence electrons. The van der Waals surface area contributed by atoms with Crippen molar-refractivity contribution in [1.29, 1.82) is 0 Å². The lowest BCUT2D eigenvalue weighted by molar-refractivity contribution is 0.750. The van der Waals surface area contributed by atoms with Gasteiger partial charge in [-0.25, -0.2) is 4.68 Å². The zero-order chi connectivity index (χ0) is 15.2. The molecule has 3 aromatic rings. The predicted octanol–water partition coefficient (Wildman–Crippen LogP) is 3.36. The number of hydrogen-bond donors (Lipinski definition) is 1. The molecule has 0 spiro atoms. The van der Waals surface area contributed by atoms with Gasteiger partial charge in [0.15, 0.2) is 0 Å². The summed E-state index contributed by atoms with van der Waals surface area (Å²) in [6.45, 7) is 0.681. The highest BCUT2D eigenvalue weighted by Gasteiger charge is 2.07. The molecule has 0 bridgehead atoms. The summed E-state index contributed by atoms with van der Waals surface area (Å²) in [5.74, 6) is 0.745. The third kappa shape index (κ3) is 3.78. The van der Waals surface area contributed by atoms with Crippen molar-refractivity contribution in [3.63, 3.8) is 0 Å². The van der Waals surface area contributed by atoms with Crippen LogP contribution >= 0.6 is 23.4 Å². The fourth-order valence-corrected chi connectivity index (χ4v) is 3.04. The van der Waals surface area contributed by atoms with Crippen LogP contribution in [0.4, 0.5) is 0 Å². The van der Waals surface area contributed by atoms with Gasteiger partial charge in [-0.05, 0) is 29.3 Å². The summed E-state index contributed by atoms with van der Waals surface area (Å²) in [6, 6.07) is 11.7. The Morgan fingerprint density at radius 3 is 2.77 bits per heavy atom. The summed E-state index contributed by atoms with van der Waals surface area (Å²) in [7, 11) is 0. The number of benzene rings is 1. The summed E-state index contributed by atoms with van der Waals surface area (Å²) < 4.78 is 1.82. The first kappa shape index (κ1) is 14.9. The van der Waals surface area contributed by atoms with Crippen molar-refractivity contribution in [3.05, 3.63) is 71.3 Å². The SMILES string of the molecule is Clc1ccccc1CSc1nncn1NCc1ccncc1. The van der Waals surface area contributed by atoms with Crippen LogP contribution in [0.5, 0.6) is 0 Å². The van der Waals surface area contributed by atoms with Crippen LogP contribution in [0.3, 0.4) is 0 Å². The predicted molar refractivity (Wildman–Crippen MR) is 88.3 cm³/mol. The first-order chi connectivity index (χ1) is 10.8. The maximum atomic E-state index is 6.17. The third-order valence-corrected chi connectivity index (χ3v) is 4.39. The zero-order valence-corrected chi connectivity index (χ0v) is 13.3. The Bertz CT molecular complexity index is 732. The molecule has 2 heterocycles. The van der Waals surface area contributed by atoms with Crippen molar-refractivity contribution in [1.82, 2.24) is 19.9 Å². The molecule has 0 aliphatic rings. The van der Waals surface area contributed by atoms with Crippen LogP contribution in [0.25, 0.3) is 0 Å². The Morgan fingerprint density at radius 2 is 1.95 bits per heavy atom. The van der Waals surface area contributed by atoms with Gasteiger partial charge >= 0.3 is 0 Å². The molecular formula is C15H14ClN5S. The molecule has 0 radical (unpaired) electrons. The highest BCUT2D eigenvalue weighted by atomic mass is 35.5. The number of rotatable bonds is 6. The molecule has 0 fully saturated rings. The second kappa shape index (κ2) is 7.29. The van der Waals surface area contributed by atoms with Crippen LogP contribution in [0.2, 0.25) is 5.02 Å². The van der Waals surface area contributed by atoms with E-state index in [1.807, 2.05) is 41.1 Å². The molecule has 5 nitrogen and oxygen atoms in total. The molecule has 0 atom stereocenters. The summed E-state index contributed by atoms with van der Waals surface area (Å²) in [5.41, 5.74) is 5.50. The molecule has 7 heteroatoms. The first-order valence-electron chi connectivity index (χ1n) is 6.72. The van der Waals surface area contributed by atoms with Crippen LogP contribution in [0.1, 0.15) is 11.1 Å². The fraction of sp³-hybridized carbons (Fsp3) is 0.133. The Kier molecular flexibility index (Phi) is 4.92. The topological polar surface area (TPSA) is 55.6 Å². The van der Waals surface area contributed by atoms with E-state index in [0.29, 0.717) is 6.54 Å². The standard InChI is InChI=1S/C15H14ClN5S/c16-14-4-2-1-3-13(14)10-22-15-20-18-11-21(15)19-9-12-5-7-17-8-6-12/h1-8,11,19H,9-10H2. The summed E-state index contributed by atoms with van der Waals surface area (Å²) in [6.07, 6.45) is 5.21. The van der Waals surface area contributed by atoms with E-state index in [0.717, 1.165) is 27.1 Å². The van der Waals surface area contributed by atoms with Crippen molar-refractivity contribution < 1.29 is 0 Å². The molecule has 0 unspecified atom stereocenters. The normalized spacial score (nSPS) is 10.6. The Hall–Kier alpha value is -2.05. The number of hydrogen-bond acceptors (Lipinski definition) is 5. The fourth-order valence-electron chi connectivity index (χ4n) is 1.87. The average Bonchev–Trinajstić information content (AvgIpc) is 3.01. The molecule has 0 saturated heterocycles. The number of nitrogens with zero attached hydrogens (tertiary/aromatic N) is 4. The minimum atomic E-state index is 0.681. The van der Waals surface area contributed by atoms with Gasteiger partial charge in [-0.2, -0.15) is 0 Å². The minimum Gasteiger partial charge on any atom is -0.318 e. The zero-order valence-electron chi connectivity index (χ0n) is 11.7. The van der Waals surface area contributed by atoms with Gasteiger partial charge in [-0.1, -0.05) is 41.6 Å². The van der Waals surface area contributed by atoms with E-state index in [-0.39, 0.29) is 0 Å². The van der Waals surface area contributed by atoms with Gasteiger partial charge in [0.2, 0.25) is 5.16 Å². The average molecular weight is 332 g/mol. The van der Waals surface area contributed by atoms with Crippen molar-refractivity contribution in [2.75, 3.05) is 5.43 Å². The van der Waals surface area contributed by atoms with Crippen molar-refractivity contribution >= 4 is 23.4 Å². The van der Waals surface area contributed by atoms with E-state index in [1.54, 1.807) is 30.5 Å². The number of thioether (sulfide) groups is 1. The Morgan fingerprint density at radius 1 is 1.14 bits per heavy atom. The summed E-state index contributed by atoms with van der Waals surface area (Å²) in [4.78, 5) is 4.00.